The lowest BCUT2D eigenvalue weighted by Gasteiger charge is -2.33. The molecule has 1 aromatic carbocycles. The molecule has 1 N–H and O–H groups in total. The quantitative estimate of drug-likeness (QED) is 0.838. The molecule has 1 saturated carbocycles. The van der Waals surface area contributed by atoms with Gasteiger partial charge in [-0.05, 0) is 52.4 Å². The predicted octanol–water partition coefficient (Wildman–Crippen LogP) is 4.80. The van der Waals surface area contributed by atoms with Gasteiger partial charge in [0, 0.05) is 16.0 Å². The van der Waals surface area contributed by atoms with Crippen molar-refractivity contribution in [2.45, 2.75) is 39.0 Å². The second kappa shape index (κ2) is 6.27. The summed E-state index contributed by atoms with van der Waals surface area (Å²) >= 11 is 9.26. The van der Waals surface area contributed by atoms with Gasteiger partial charge in [0.05, 0.1) is 5.56 Å². The lowest BCUT2D eigenvalue weighted by atomic mass is 9.76. The summed E-state index contributed by atoms with van der Waals surface area (Å²) in [5, 5.41) is 3.68. The van der Waals surface area contributed by atoms with E-state index in [4.69, 9.17) is 11.6 Å². The van der Waals surface area contributed by atoms with Crippen molar-refractivity contribution in [3.8, 4) is 0 Å². The Bertz CT molecular complexity index is 469. The smallest absolute Gasteiger partial charge is 0.252 e. The molecule has 0 saturated heterocycles. The van der Waals surface area contributed by atoms with E-state index in [9.17, 15) is 4.79 Å². The number of amides is 1. The van der Waals surface area contributed by atoms with Crippen LogP contribution in [-0.2, 0) is 0 Å². The summed E-state index contributed by atoms with van der Waals surface area (Å²) in [5.41, 5.74) is 0.899. The summed E-state index contributed by atoms with van der Waals surface area (Å²) < 4.78 is 0.742. The first kappa shape index (κ1) is 14.9. The van der Waals surface area contributed by atoms with Crippen LogP contribution in [-0.4, -0.2) is 12.5 Å². The molecule has 0 spiro atoms. The maximum atomic E-state index is 12.2. The van der Waals surface area contributed by atoms with Crippen LogP contribution in [0.5, 0.6) is 0 Å². The molecule has 0 aromatic heterocycles. The topological polar surface area (TPSA) is 29.1 Å². The molecule has 1 aliphatic carbocycles. The molecule has 0 unspecified atom stereocenters. The van der Waals surface area contributed by atoms with Crippen molar-refractivity contribution in [2.75, 3.05) is 6.54 Å². The average molecular weight is 345 g/mol. The van der Waals surface area contributed by atoms with Gasteiger partial charge in [0.1, 0.15) is 0 Å². The first-order valence-electron chi connectivity index (χ1n) is 6.73. The van der Waals surface area contributed by atoms with Crippen molar-refractivity contribution in [3.63, 3.8) is 0 Å². The van der Waals surface area contributed by atoms with Crippen LogP contribution in [0, 0.1) is 5.41 Å². The summed E-state index contributed by atoms with van der Waals surface area (Å²) in [4.78, 5) is 12.2. The molecule has 1 fully saturated rings. The minimum absolute atomic E-state index is 0.0321. The molecular weight excluding hydrogens is 326 g/mol. The zero-order valence-corrected chi connectivity index (χ0v) is 13.5. The van der Waals surface area contributed by atoms with E-state index >= 15 is 0 Å². The van der Waals surface area contributed by atoms with Crippen LogP contribution in [0.25, 0.3) is 0 Å². The highest BCUT2D eigenvalue weighted by Gasteiger charge is 2.27. The van der Waals surface area contributed by atoms with Crippen molar-refractivity contribution in [1.82, 2.24) is 5.32 Å². The highest BCUT2D eigenvalue weighted by Crippen LogP contribution is 2.35. The largest absolute Gasteiger partial charge is 0.351 e. The third kappa shape index (κ3) is 3.96. The fraction of sp³-hybridized carbons (Fsp3) is 0.533. The third-order valence-electron chi connectivity index (χ3n) is 3.91. The molecule has 1 aliphatic rings. The molecular formula is C15H19BrClNO. The first-order valence-corrected chi connectivity index (χ1v) is 7.91. The lowest BCUT2D eigenvalue weighted by molar-refractivity contribution is 0.0918. The zero-order valence-electron chi connectivity index (χ0n) is 11.1. The van der Waals surface area contributed by atoms with Gasteiger partial charge in [-0.1, -0.05) is 37.8 Å². The summed E-state index contributed by atoms with van der Waals surface area (Å²) in [6.07, 6.45) is 6.28. The summed E-state index contributed by atoms with van der Waals surface area (Å²) in [5.74, 6) is -0.0321. The molecule has 0 heterocycles. The van der Waals surface area contributed by atoms with Crippen molar-refractivity contribution in [1.29, 1.82) is 0 Å². The monoisotopic (exact) mass is 343 g/mol. The Morgan fingerprint density at radius 1 is 1.37 bits per heavy atom. The normalized spacial score (nSPS) is 18.1. The molecule has 19 heavy (non-hydrogen) atoms. The van der Waals surface area contributed by atoms with Crippen LogP contribution in [0.3, 0.4) is 0 Å². The predicted molar refractivity (Wildman–Crippen MR) is 82.7 cm³/mol. The van der Waals surface area contributed by atoms with E-state index < -0.39 is 0 Å². The fourth-order valence-electron chi connectivity index (χ4n) is 2.64. The molecule has 104 valence electrons. The van der Waals surface area contributed by atoms with Crippen LogP contribution in [0.15, 0.2) is 22.7 Å². The Balaban J connectivity index is 1.97. The molecule has 0 aliphatic heterocycles. The standard InChI is InChI=1S/C15H19BrClNO/c1-15(7-3-2-4-8-15)10-18-14(19)12-6-5-11(17)9-13(12)16/h5-6,9H,2-4,7-8,10H2,1H3,(H,18,19). The number of rotatable bonds is 3. The summed E-state index contributed by atoms with van der Waals surface area (Å²) in [6, 6.07) is 5.24. The Morgan fingerprint density at radius 3 is 2.68 bits per heavy atom. The number of hydrogen-bond acceptors (Lipinski definition) is 1. The molecule has 1 aromatic rings. The van der Waals surface area contributed by atoms with Crippen molar-refractivity contribution < 1.29 is 4.79 Å². The molecule has 0 bridgehead atoms. The van der Waals surface area contributed by atoms with Gasteiger partial charge >= 0.3 is 0 Å². The molecule has 0 atom stereocenters. The van der Waals surface area contributed by atoms with Crippen LogP contribution in [0.2, 0.25) is 5.02 Å². The van der Waals surface area contributed by atoms with Gasteiger partial charge in [0.2, 0.25) is 0 Å². The van der Waals surface area contributed by atoms with Crippen molar-refractivity contribution in [2.24, 2.45) is 5.41 Å². The SMILES string of the molecule is CC1(CNC(=O)c2ccc(Cl)cc2Br)CCCCC1. The molecule has 2 nitrogen and oxygen atoms in total. The van der Waals surface area contributed by atoms with Crippen LogP contribution >= 0.6 is 27.5 Å². The second-order valence-corrected chi connectivity index (χ2v) is 6.97. The Hall–Kier alpha value is -0.540. The average Bonchev–Trinajstić information content (AvgIpc) is 2.37. The van der Waals surface area contributed by atoms with E-state index in [2.05, 4.69) is 28.2 Å². The Kier molecular flexibility index (Phi) is 4.91. The van der Waals surface area contributed by atoms with E-state index in [1.54, 1.807) is 18.2 Å². The summed E-state index contributed by atoms with van der Waals surface area (Å²) in [6.45, 7) is 3.02. The molecule has 1 amide bonds. The minimum atomic E-state index is -0.0321. The van der Waals surface area contributed by atoms with E-state index in [0.29, 0.717) is 10.6 Å². The Morgan fingerprint density at radius 2 is 2.05 bits per heavy atom. The van der Waals surface area contributed by atoms with Gasteiger partial charge in [-0.25, -0.2) is 0 Å². The molecule has 0 radical (unpaired) electrons. The minimum Gasteiger partial charge on any atom is -0.351 e. The maximum Gasteiger partial charge on any atom is 0.252 e. The van der Waals surface area contributed by atoms with E-state index in [1.165, 1.54) is 32.1 Å². The Labute approximate surface area is 128 Å². The third-order valence-corrected chi connectivity index (χ3v) is 4.80. The van der Waals surface area contributed by atoms with Gasteiger partial charge in [-0.3, -0.25) is 4.79 Å². The number of carbonyl (C=O) groups excluding carboxylic acids is 1. The molecule has 2 rings (SSSR count). The molecule has 4 heteroatoms. The van der Waals surface area contributed by atoms with E-state index in [-0.39, 0.29) is 11.3 Å². The zero-order chi connectivity index (χ0) is 13.9. The number of hydrogen-bond donors (Lipinski definition) is 1. The first-order chi connectivity index (χ1) is 9.00. The number of halogens is 2. The highest BCUT2D eigenvalue weighted by atomic mass is 79.9. The summed E-state index contributed by atoms with van der Waals surface area (Å²) in [7, 11) is 0. The van der Waals surface area contributed by atoms with Crippen LogP contribution in [0.1, 0.15) is 49.4 Å². The maximum absolute atomic E-state index is 12.2. The van der Waals surface area contributed by atoms with Crippen molar-refractivity contribution >= 4 is 33.4 Å². The van der Waals surface area contributed by atoms with E-state index in [0.717, 1.165) is 11.0 Å². The lowest BCUT2D eigenvalue weighted by Crippen LogP contribution is -2.37. The van der Waals surface area contributed by atoms with E-state index in [1.807, 2.05) is 0 Å². The van der Waals surface area contributed by atoms with Crippen LogP contribution < -0.4 is 5.32 Å². The highest BCUT2D eigenvalue weighted by molar-refractivity contribution is 9.10. The van der Waals surface area contributed by atoms with Gasteiger partial charge in [-0.15, -0.1) is 0 Å². The number of carbonyl (C=O) groups is 1. The number of nitrogens with one attached hydrogen (secondary N) is 1. The van der Waals surface area contributed by atoms with Gasteiger partial charge < -0.3 is 5.32 Å². The van der Waals surface area contributed by atoms with Gasteiger partial charge in [0.15, 0.2) is 0 Å². The van der Waals surface area contributed by atoms with Crippen LogP contribution in [0.4, 0.5) is 0 Å². The second-order valence-electron chi connectivity index (χ2n) is 5.68. The fourth-order valence-corrected chi connectivity index (χ4v) is 3.51. The van der Waals surface area contributed by atoms with Gasteiger partial charge in [0.25, 0.3) is 5.91 Å². The van der Waals surface area contributed by atoms with Crippen molar-refractivity contribution in [3.05, 3.63) is 33.3 Å². The van der Waals surface area contributed by atoms with Gasteiger partial charge in [-0.2, -0.15) is 0 Å². The number of benzene rings is 1.